The van der Waals surface area contributed by atoms with Crippen molar-refractivity contribution in [1.82, 2.24) is 0 Å². The summed E-state index contributed by atoms with van der Waals surface area (Å²) in [7, 11) is 1.70. The summed E-state index contributed by atoms with van der Waals surface area (Å²) in [5.41, 5.74) is 1.09. The van der Waals surface area contributed by atoms with E-state index in [1.54, 1.807) is 19.2 Å². The van der Waals surface area contributed by atoms with Gasteiger partial charge in [-0.15, -0.1) is 0 Å². The molecule has 1 aliphatic rings. The molecule has 1 fully saturated rings. The highest BCUT2D eigenvalue weighted by atomic mass is 19.1. The zero-order valence-electron chi connectivity index (χ0n) is 10.5. The number of nitriles is 1. The number of ether oxygens (including phenoxy) is 1. The van der Waals surface area contributed by atoms with Crippen molar-refractivity contribution < 1.29 is 9.13 Å². The fourth-order valence-corrected chi connectivity index (χ4v) is 2.02. The van der Waals surface area contributed by atoms with E-state index in [1.807, 2.05) is 6.07 Å². The summed E-state index contributed by atoms with van der Waals surface area (Å²) in [4.78, 5) is 0. The molecule has 1 saturated carbocycles. The normalized spacial score (nSPS) is 16.1. The molecule has 0 spiro atoms. The van der Waals surface area contributed by atoms with Crippen molar-refractivity contribution in [3.05, 3.63) is 29.6 Å². The third-order valence-corrected chi connectivity index (χ3v) is 3.55. The molecule has 1 aromatic rings. The second-order valence-corrected chi connectivity index (χ2v) is 4.90. The molecule has 0 unspecified atom stereocenters. The van der Waals surface area contributed by atoms with Crippen molar-refractivity contribution >= 4 is 5.69 Å². The SMILES string of the molecule is COCCC1(CNc2ccc(C#N)cc2F)CC1. The van der Waals surface area contributed by atoms with Crippen LogP contribution >= 0.6 is 0 Å². The van der Waals surface area contributed by atoms with Gasteiger partial charge in [-0.05, 0) is 42.9 Å². The molecule has 18 heavy (non-hydrogen) atoms. The largest absolute Gasteiger partial charge is 0.385 e. The minimum Gasteiger partial charge on any atom is -0.385 e. The van der Waals surface area contributed by atoms with Crippen LogP contribution in [0.5, 0.6) is 0 Å². The van der Waals surface area contributed by atoms with Crippen molar-refractivity contribution in [2.24, 2.45) is 5.41 Å². The summed E-state index contributed by atoms with van der Waals surface area (Å²) in [5.74, 6) is -0.364. The number of nitrogens with one attached hydrogen (secondary N) is 1. The third kappa shape index (κ3) is 2.99. The van der Waals surface area contributed by atoms with Crippen LogP contribution in [0, 0.1) is 22.6 Å². The maximum atomic E-state index is 13.6. The lowest BCUT2D eigenvalue weighted by Crippen LogP contribution is -2.17. The number of rotatable bonds is 6. The van der Waals surface area contributed by atoms with E-state index in [9.17, 15) is 4.39 Å². The van der Waals surface area contributed by atoms with Crippen LogP contribution in [-0.2, 0) is 4.74 Å². The zero-order chi connectivity index (χ0) is 13.0. The number of nitrogens with zero attached hydrogens (tertiary/aromatic N) is 1. The van der Waals surface area contributed by atoms with Gasteiger partial charge in [-0.1, -0.05) is 0 Å². The highest BCUT2D eigenvalue weighted by Gasteiger charge is 2.41. The van der Waals surface area contributed by atoms with Crippen LogP contribution in [0.1, 0.15) is 24.8 Å². The molecule has 0 amide bonds. The third-order valence-electron chi connectivity index (χ3n) is 3.55. The van der Waals surface area contributed by atoms with E-state index in [0.717, 1.165) is 19.6 Å². The number of hydrogen-bond acceptors (Lipinski definition) is 3. The van der Waals surface area contributed by atoms with Crippen LogP contribution in [0.25, 0.3) is 0 Å². The highest BCUT2D eigenvalue weighted by molar-refractivity contribution is 5.49. The lowest BCUT2D eigenvalue weighted by Gasteiger charge is -2.16. The van der Waals surface area contributed by atoms with E-state index >= 15 is 0 Å². The summed E-state index contributed by atoms with van der Waals surface area (Å²) < 4.78 is 18.7. The molecule has 1 aromatic carbocycles. The Morgan fingerprint density at radius 2 is 2.28 bits per heavy atom. The minimum atomic E-state index is -0.364. The van der Waals surface area contributed by atoms with Gasteiger partial charge in [-0.2, -0.15) is 5.26 Å². The van der Waals surface area contributed by atoms with E-state index in [-0.39, 0.29) is 11.2 Å². The quantitative estimate of drug-likeness (QED) is 0.841. The Hall–Kier alpha value is -1.60. The van der Waals surface area contributed by atoms with Crippen molar-refractivity contribution in [3.8, 4) is 6.07 Å². The molecule has 0 saturated heterocycles. The zero-order valence-corrected chi connectivity index (χ0v) is 10.5. The smallest absolute Gasteiger partial charge is 0.147 e. The minimum absolute atomic E-state index is 0.274. The Bertz CT molecular complexity index is 463. The van der Waals surface area contributed by atoms with Gasteiger partial charge in [0.2, 0.25) is 0 Å². The summed E-state index contributed by atoms with van der Waals surface area (Å²) in [6.45, 7) is 1.51. The van der Waals surface area contributed by atoms with Gasteiger partial charge in [0, 0.05) is 20.3 Å². The molecule has 0 aromatic heterocycles. The lowest BCUT2D eigenvalue weighted by atomic mass is 10.0. The van der Waals surface area contributed by atoms with Gasteiger partial charge in [-0.3, -0.25) is 0 Å². The molecule has 0 heterocycles. The maximum Gasteiger partial charge on any atom is 0.147 e. The second kappa shape index (κ2) is 5.36. The predicted octanol–water partition coefficient (Wildman–Crippen LogP) is 2.93. The van der Waals surface area contributed by atoms with Gasteiger partial charge in [0.25, 0.3) is 0 Å². The number of anilines is 1. The fourth-order valence-electron chi connectivity index (χ4n) is 2.02. The van der Waals surface area contributed by atoms with E-state index in [4.69, 9.17) is 10.00 Å². The average Bonchev–Trinajstić information content (AvgIpc) is 3.15. The van der Waals surface area contributed by atoms with E-state index in [2.05, 4.69) is 5.32 Å². The Balaban J connectivity index is 1.93. The molecule has 0 atom stereocenters. The molecule has 1 N–H and O–H groups in total. The maximum absolute atomic E-state index is 13.6. The molecule has 0 aliphatic heterocycles. The average molecular weight is 248 g/mol. The number of halogens is 1. The molecule has 0 bridgehead atoms. The van der Waals surface area contributed by atoms with E-state index < -0.39 is 0 Å². The monoisotopic (exact) mass is 248 g/mol. The van der Waals surface area contributed by atoms with Gasteiger partial charge in [0.1, 0.15) is 5.82 Å². The molecule has 1 aliphatic carbocycles. The first-order valence-electron chi connectivity index (χ1n) is 6.12. The summed E-state index contributed by atoms with van der Waals surface area (Å²) in [6.07, 6.45) is 3.34. The molecule has 3 nitrogen and oxygen atoms in total. The van der Waals surface area contributed by atoms with Crippen LogP contribution in [0.3, 0.4) is 0 Å². The Morgan fingerprint density at radius 3 is 2.83 bits per heavy atom. The molecule has 96 valence electrons. The van der Waals surface area contributed by atoms with Crippen molar-refractivity contribution in [3.63, 3.8) is 0 Å². The molecular weight excluding hydrogens is 231 g/mol. The van der Waals surface area contributed by atoms with Crippen molar-refractivity contribution in [2.45, 2.75) is 19.3 Å². The number of benzene rings is 1. The van der Waals surface area contributed by atoms with Gasteiger partial charge in [-0.25, -0.2) is 4.39 Å². The summed E-state index contributed by atoms with van der Waals surface area (Å²) in [5, 5.41) is 11.8. The van der Waals surface area contributed by atoms with Crippen LogP contribution < -0.4 is 5.32 Å². The van der Waals surface area contributed by atoms with E-state index in [0.29, 0.717) is 11.3 Å². The Morgan fingerprint density at radius 1 is 1.50 bits per heavy atom. The summed E-state index contributed by atoms with van der Waals surface area (Å²) in [6, 6.07) is 6.43. The molecule has 2 rings (SSSR count). The van der Waals surface area contributed by atoms with Crippen LogP contribution in [0.4, 0.5) is 10.1 Å². The predicted molar refractivity (Wildman–Crippen MR) is 67.8 cm³/mol. The Labute approximate surface area is 107 Å². The van der Waals surface area contributed by atoms with Crippen molar-refractivity contribution in [2.75, 3.05) is 25.6 Å². The van der Waals surface area contributed by atoms with Gasteiger partial charge < -0.3 is 10.1 Å². The van der Waals surface area contributed by atoms with E-state index in [1.165, 1.54) is 18.9 Å². The molecule has 0 radical (unpaired) electrons. The van der Waals surface area contributed by atoms with Gasteiger partial charge in [0.05, 0.1) is 17.3 Å². The van der Waals surface area contributed by atoms with Crippen LogP contribution in [0.15, 0.2) is 18.2 Å². The van der Waals surface area contributed by atoms with Gasteiger partial charge in [0.15, 0.2) is 0 Å². The fraction of sp³-hybridized carbons (Fsp3) is 0.500. The van der Waals surface area contributed by atoms with Crippen molar-refractivity contribution in [1.29, 1.82) is 5.26 Å². The van der Waals surface area contributed by atoms with Crippen LogP contribution in [0.2, 0.25) is 0 Å². The summed E-state index contributed by atoms with van der Waals surface area (Å²) >= 11 is 0. The van der Waals surface area contributed by atoms with Gasteiger partial charge >= 0.3 is 0 Å². The second-order valence-electron chi connectivity index (χ2n) is 4.90. The van der Waals surface area contributed by atoms with Crippen LogP contribution in [-0.4, -0.2) is 20.3 Å². The first-order valence-corrected chi connectivity index (χ1v) is 6.12. The Kier molecular flexibility index (Phi) is 3.83. The number of hydrogen-bond donors (Lipinski definition) is 1. The molecular formula is C14H17FN2O. The first kappa shape index (κ1) is 12.8. The first-order chi connectivity index (χ1) is 8.69. The highest BCUT2D eigenvalue weighted by Crippen LogP contribution is 2.48. The topological polar surface area (TPSA) is 45.0 Å². The molecule has 4 heteroatoms. The number of methoxy groups -OCH3 is 1. The standard InChI is InChI=1S/C14H17FN2O/c1-18-7-6-14(4-5-14)10-17-13-3-2-11(9-16)8-12(13)15/h2-3,8,17H,4-7,10H2,1H3. The lowest BCUT2D eigenvalue weighted by molar-refractivity contribution is 0.175.